The van der Waals surface area contributed by atoms with E-state index in [0.717, 1.165) is 23.2 Å². The first kappa shape index (κ1) is 13.5. The number of nitrogens with one attached hydrogen (secondary N) is 1. The quantitative estimate of drug-likeness (QED) is 0.857. The summed E-state index contributed by atoms with van der Waals surface area (Å²) >= 11 is 1.86. The van der Waals surface area contributed by atoms with Crippen molar-refractivity contribution in [2.75, 3.05) is 36.3 Å². The van der Waals surface area contributed by atoms with E-state index < -0.39 is 0 Å². The Kier molecular flexibility index (Phi) is 4.32. The molecule has 1 heterocycles. The molecule has 1 unspecified atom stereocenters. The molecule has 0 bridgehead atoms. The molecule has 5 heteroatoms. The second-order valence-corrected chi connectivity index (χ2v) is 5.82. The molecule has 1 N–H and O–H groups in total. The topological polar surface area (TPSA) is 41.0 Å². The molecule has 1 atom stereocenters. The van der Waals surface area contributed by atoms with Crippen LogP contribution >= 0.6 is 11.8 Å². The van der Waals surface area contributed by atoms with Crippen molar-refractivity contribution >= 4 is 23.4 Å². The zero-order valence-electron chi connectivity index (χ0n) is 11.6. The van der Waals surface area contributed by atoms with Crippen LogP contribution in [0, 0.1) is 0 Å². The van der Waals surface area contributed by atoms with E-state index in [1.54, 1.807) is 0 Å². The van der Waals surface area contributed by atoms with Crippen molar-refractivity contribution in [3.05, 3.63) is 11.9 Å². The van der Waals surface area contributed by atoms with Gasteiger partial charge in [-0.2, -0.15) is 11.8 Å². The first-order valence-corrected chi connectivity index (χ1v) is 7.83. The fraction of sp³-hybridized carbons (Fsp3) is 0.692. The lowest BCUT2D eigenvalue weighted by molar-refractivity contribution is 0.745. The fourth-order valence-corrected chi connectivity index (χ4v) is 2.57. The predicted octanol–water partition coefficient (Wildman–Crippen LogP) is 2.58. The summed E-state index contributed by atoms with van der Waals surface area (Å²) < 4.78 is 0. The van der Waals surface area contributed by atoms with E-state index >= 15 is 0 Å². The zero-order valence-corrected chi connectivity index (χ0v) is 12.4. The highest BCUT2D eigenvalue weighted by molar-refractivity contribution is 7.98. The third-order valence-corrected chi connectivity index (χ3v) is 4.17. The minimum absolute atomic E-state index is 0.478. The van der Waals surface area contributed by atoms with Gasteiger partial charge in [0.05, 0.1) is 0 Å². The molecular weight excluding hydrogens is 244 g/mol. The Hall–Kier alpha value is -0.970. The van der Waals surface area contributed by atoms with Crippen LogP contribution in [0.25, 0.3) is 0 Å². The third-order valence-electron chi connectivity index (χ3n) is 3.36. The molecule has 18 heavy (non-hydrogen) atoms. The van der Waals surface area contributed by atoms with Gasteiger partial charge in [-0.05, 0) is 26.0 Å². The van der Waals surface area contributed by atoms with E-state index in [2.05, 4.69) is 35.4 Å². The Balaban J connectivity index is 2.22. The molecule has 4 nitrogen and oxygen atoms in total. The largest absolute Gasteiger partial charge is 0.373 e. The first-order valence-electron chi connectivity index (χ1n) is 6.44. The number of hydrogen-bond acceptors (Lipinski definition) is 5. The minimum atomic E-state index is 0.478. The van der Waals surface area contributed by atoms with E-state index in [-0.39, 0.29) is 0 Å². The maximum Gasteiger partial charge on any atom is 0.136 e. The van der Waals surface area contributed by atoms with Gasteiger partial charge in [-0.1, -0.05) is 0 Å². The average molecular weight is 266 g/mol. The lowest BCUT2D eigenvalue weighted by Crippen LogP contribution is -2.31. The van der Waals surface area contributed by atoms with Crippen LogP contribution in [0.15, 0.2) is 6.07 Å². The highest BCUT2D eigenvalue weighted by Gasteiger charge is 2.28. The Morgan fingerprint density at radius 2 is 2.22 bits per heavy atom. The van der Waals surface area contributed by atoms with E-state index in [9.17, 15) is 0 Å². The van der Waals surface area contributed by atoms with Gasteiger partial charge in [0.2, 0.25) is 0 Å². The molecule has 0 amide bonds. The SMILES string of the molecule is CNc1cc(N(C)C(C)CSC)nc(C2CC2)n1. The molecular formula is C13H22N4S. The molecule has 0 saturated heterocycles. The second-order valence-electron chi connectivity index (χ2n) is 4.91. The molecule has 0 aromatic carbocycles. The number of thioether (sulfide) groups is 1. The van der Waals surface area contributed by atoms with Crippen LogP contribution in [-0.4, -0.2) is 42.1 Å². The van der Waals surface area contributed by atoms with Crippen LogP contribution in [0.2, 0.25) is 0 Å². The highest BCUT2D eigenvalue weighted by Crippen LogP contribution is 2.39. The summed E-state index contributed by atoms with van der Waals surface area (Å²) in [7, 11) is 4.02. The third kappa shape index (κ3) is 3.07. The Bertz CT molecular complexity index is 406. The number of aromatic nitrogens is 2. The van der Waals surface area contributed by atoms with E-state index in [1.165, 1.54) is 12.8 Å². The van der Waals surface area contributed by atoms with E-state index in [1.807, 2.05) is 24.9 Å². The lowest BCUT2D eigenvalue weighted by Gasteiger charge is -2.26. The van der Waals surface area contributed by atoms with Crippen LogP contribution in [-0.2, 0) is 0 Å². The summed E-state index contributed by atoms with van der Waals surface area (Å²) in [5.74, 6) is 4.64. The Labute approximate surface area is 114 Å². The van der Waals surface area contributed by atoms with Gasteiger partial charge in [-0.25, -0.2) is 9.97 Å². The number of rotatable bonds is 6. The standard InChI is InChI=1S/C13H22N4S/c1-9(8-18-4)17(3)12-7-11(14-2)15-13(16-12)10-5-6-10/h7,9-10H,5-6,8H2,1-4H3,(H,14,15,16). The monoisotopic (exact) mass is 266 g/mol. The van der Waals surface area contributed by atoms with Gasteiger partial charge in [-0.15, -0.1) is 0 Å². The van der Waals surface area contributed by atoms with E-state index in [0.29, 0.717) is 12.0 Å². The lowest BCUT2D eigenvalue weighted by atomic mass is 10.3. The van der Waals surface area contributed by atoms with Gasteiger partial charge in [0.15, 0.2) is 0 Å². The van der Waals surface area contributed by atoms with Crippen LogP contribution in [0.3, 0.4) is 0 Å². The molecule has 0 aliphatic heterocycles. The van der Waals surface area contributed by atoms with Crippen molar-refractivity contribution < 1.29 is 0 Å². The van der Waals surface area contributed by atoms with Crippen LogP contribution < -0.4 is 10.2 Å². The number of nitrogens with zero attached hydrogens (tertiary/aromatic N) is 3. The summed E-state index contributed by atoms with van der Waals surface area (Å²) in [5.41, 5.74) is 0. The molecule has 0 spiro atoms. The maximum absolute atomic E-state index is 4.71. The van der Waals surface area contributed by atoms with Crippen LogP contribution in [0.5, 0.6) is 0 Å². The number of anilines is 2. The van der Waals surface area contributed by atoms with Crippen molar-refractivity contribution in [3.8, 4) is 0 Å². The fourth-order valence-electron chi connectivity index (χ4n) is 1.86. The molecule has 1 saturated carbocycles. The van der Waals surface area contributed by atoms with E-state index in [4.69, 9.17) is 4.98 Å². The highest BCUT2D eigenvalue weighted by atomic mass is 32.2. The van der Waals surface area contributed by atoms with Gasteiger partial charge < -0.3 is 10.2 Å². The second kappa shape index (κ2) is 5.78. The van der Waals surface area contributed by atoms with Crippen molar-refractivity contribution in [2.24, 2.45) is 0 Å². The molecule has 1 fully saturated rings. The van der Waals surface area contributed by atoms with Crippen molar-refractivity contribution in [2.45, 2.75) is 31.7 Å². The average Bonchev–Trinajstić information content (AvgIpc) is 3.21. The summed E-state index contributed by atoms with van der Waals surface area (Å²) in [4.78, 5) is 11.5. The number of hydrogen-bond donors (Lipinski definition) is 1. The zero-order chi connectivity index (χ0) is 13.1. The molecule has 1 aliphatic rings. The predicted molar refractivity (Wildman–Crippen MR) is 79.8 cm³/mol. The summed E-state index contributed by atoms with van der Waals surface area (Å²) in [6.45, 7) is 2.23. The first-order chi connectivity index (χ1) is 8.65. The van der Waals surface area contributed by atoms with Gasteiger partial charge in [0, 0.05) is 37.9 Å². The van der Waals surface area contributed by atoms with Crippen LogP contribution in [0.1, 0.15) is 31.5 Å². The van der Waals surface area contributed by atoms with Crippen LogP contribution in [0.4, 0.5) is 11.6 Å². The van der Waals surface area contributed by atoms with Gasteiger partial charge in [0.1, 0.15) is 17.5 Å². The molecule has 0 radical (unpaired) electrons. The smallest absolute Gasteiger partial charge is 0.136 e. The van der Waals surface area contributed by atoms with Gasteiger partial charge in [-0.3, -0.25) is 0 Å². The van der Waals surface area contributed by atoms with Crippen molar-refractivity contribution in [1.29, 1.82) is 0 Å². The summed E-state index contributed by atoms with van der Waals surface area (Å²) in [6.07, 6.45) is 4.60. The van der Waals surface area contributed by atoms with Crippen molar-refractivity contribution in [1.82, 2.24) is 9.97 Å². The van der Waals surface area contributed by atoms with Gasteiger partial charge >= 0.3 is 0 Å². The van der Waals surface area contributed by atoms with Gasteiger partial charge in [0.25, 0.3) is 0 Å². The normalized spacial score (nSPS) is 16.4. The summed E-state index contributed by atoms with van der Waals surface area (Å²) in [5, 5.41) is 3.13. The molecule has 1 aromatic rings. The molecule has 100 valence electrons. The van der Waals surface area contributed by atoms with Crippen molar-refractivity contribution in [3.63, 3.8) is 0 Å². The maximum atomic E-state index is 4.71. The minimum Gasteiger partial charge on any atom is -0.373 e. The Morgan fingerprint density at radius 1 is 1.50 bits per heavy atom. The molecule has 1 aliphatic carbocycles. The summed E-state index contributed by atoms with van der Waals surface area (Å²) in [6, 6.07) is 2.51. The molecule has 2 rings (SSSR count). The molecule has 1 aromatic heterocycles. The Morgan fingerprint density at radius 3 is 2.78 bits per heavy atom.